The molecule has 1 N–H and O–H groups in total. The molecule has 1 spiro atoms. The molecule has 0 amide bonds. The van der Waals surface area contributed by atoms with Crippen LogP contribution in [0.1, 0.15) is 44.9 Å². The van der Waals surface area contributed by atoms with Gasteiger partial charge in [-0.25, -0.2) is 0 Å². The van der Waals surface area contributed by atoms with Gasteiger partial charge in [0.15, 0.2) is 0 Å². The highest BCUT2D eigenvalue weighted by Crippen LogP contribution is 2.47. The zero-order valence-corrected chi connectivity index (χ0v) is 13.1. The maximum Gasteiger partial charge on any atom is 0.0701 e. The monoisotopic (exact) mass is 283 g/mol. The third-order valence-corrected chi connectivity index (χ3v) is 6.71. The van der Waals surface area contributed by atoms with Crippen molar-refractivity contribution in [1.29, 1.82) is 0 Å². The summed E-state index contributed by atoms with van der Waals surface area (Å²) < 4.78 is 6.26. The molecule has 19 heavy (non-hydrogen) atoms. The second-order valence-electron chi connectivity index (χ2n) is 6.81. The van der Waals surface area contributed by atoms with Crippen molar-refractivity contribution in [3.05, 3.63) is 0 Å². The van der Waals surface area contributed by atoms with Crippen molar-refractivity contribution in [1.82, 2.24) is 5.32 Å². The summed E-state index contributed by atoms with van der Waals surface area (Å²) in [6.45, 7) is 2.25. The Bertz CT molecular complexity index is 285. The highest BCUT2D eigenvalue weighted by atomic mass is 32.2. The van der Waals surface area contributed by atoms with Gasteiger partial charge in [-0.3, -0.25) is 0 Å². The highest BCUT2D eigenvalue weighted by Gasteiger charge is 2.43. The van der Waals surface area contributed by atoms with E-state index in [1.165, 1.54) is 63.0 Å². The normalized spacial score (nSPS) is 38.7. The summed E-state index contributed by atoms with van der Waals surface area (Å²) in [4.78, 5) is 0. The Morgan fingerprint density at radius 3 is 2.84 bits per heavy atom. The predicted molar refractivity (Wildman–Crippen MR) is 82.7 cm³/mol. The second-order valence-corrected chi connectivity index (χ2v) is 8.03. The van der Waals surface area contributed by atoms with Crippen LogP contribution in [0.4, 0.5) is 0 Å². The van der Waals surface area contributed by atoms with E-state index >= 15 is 0 Å². The molecule has 3 aliphatic rings. The van der Waals surface area contributed by atoms with Gasteiger partial charge in [-0.2, -0.15) is 11.8 Å². The third kappa shape index (κ3) is 3.14. The minimum atomic E-state index is 0.279. The highest BCUT2D eigenvalue weighted by molar-refractivity contribution is 7.99. The van der Waals surface area contributed by atoms with Crippen LogP contribution in [0.3, 0.4) is 0 Å². The topological polar surface area (TPSA) is 21.3 Å². The first-order valence-electron chi connectivity index (χ1n) is 8.19. The molecular weight excluding hydrogens is 254 g/mol. The van der Waals surface area contributed by atoms with E-state index in [9.17, 15) is 0 Å². The van der Waals surface area contributed by atoms with Gasteiger partial charge in [-0.05, 0) is 81.4 Å². The van der Waals surface area contributed by atoms with Gasteiger partial charge in [-0.1, -0.05) is 6.42 Å². The first kappa shape index (κ1) is 14.2. The van der Waals surface area contributed by atoms with Crippen molar-refractivity contribution in [3.63, 3.8) is 0 Å². The molecule has 1 saturated carbocycles. The average Bonchev–Trinajstić information content (AvgIpc) is 2.88. The molecule has 110 valence electrons. The molecule has 0 aromatic rings. The smallest absolute Gasteiger partial charge is 0.0701 e. The molecule has 2 nitrogen and oxygen atoms in total. The average molecular weight is 283 g/mol. The molecule has 3 fully saturated rings. The Labute approximate surface area is 122 Å². The van der Waals surface area contributed by atoms with Crippen LogP contribution in [-0.2, 0) is 4.74 Å². The number of nitrogens with one attached hydrogen (secondary N) is 1. The van der Waals surface area contributed by atoms with Crippen LogP contribution < -0.4 is 5.32 Å². The van der Waals surface area contributed by atoms with Crippen LogP contribution in [0.5, 0.6) is 0 Å². The molecule has 3 rings (SSSR count). The van der Waals surface area contributed by atoms with Gasteiger partial charge in [0.2, 0.25) is 0 Å². The zero-order valence-electron chi connectivity index (χ0n) is 12.3. The molecule has 0 aromatic heterocycles. The Kier molecular flexibility index (Phi) is 4.76. The maximum atomic E-state index is 6.26. The summed E-state index contributed by atoms with van der Waals surface area (Å²) in [5, 5.41) is 3.42. The van der Waals surface area contributed by atoms with Crippen LogP contribution in [0, 0.1) is 17.8 Å². The molecule has 3 atom stereocenters. The molecule has 2 heterocycles. The lowest BCUT2D eigenvalue weighted by Gasteiger charge is -2.45. The van der Waals surface area contributed by atoms with Crippen LogP contribution in [0.2, 0.25) is 0 Å². The molecule has 0 radical (unpaired) electrons. The Morgan fingerprint density at radius 1 is 1.21 bits per heavy atom. The summed E-state index contributed by atoms with van der Waals surface area (Å²) in [7, 11) is 2.11. The number of thioether (sulfide) groups is 1. The zero-order chi connectivity index (χ0) is 13.1. The van der Waals surface area contributed by atoms with E-state index in [1.807, 2.05) is 0 Å². The van der Waals surface area contributed by atoms with Crippen molar-refractivity contribution < 1.29 is 4.74 Å². The first-order valence-corrected chi connectivity index (χ1v) is 9.35. The standard InChI is InChI=1S/C16H29NOS/c1-17-12-14-3-2-4-15(14)13-5-8-18-16(11-13)6-9-19-10-7-16/h13-15,17H,2-12H2,1H3. The van der Waals surface area contributed by atoms with Crippen LogP contribution in [0.25, 0.3) is 0 Å². The molecule has 1 aliphatic carbocycles. The van der Waals surface area contributed by atoms with Gasteiger partial charge in [0.05, 0.1) is 5.60 Å². The minimum Gasteiger partial charge on any atom is -0.375 e. The molecular formula is C16H29NOS. The number of ether oxygens (including phenoxy) is 1. The summed E-state index contributed by atoms with van der Waals surface area (Å²) in [6.07, 6.45) is 9.66. The van der Waals surface area contributed by atoms with Crippen molar-refractivity contribution in [2.24, 2.45) is 17.8 Å². The first-order chi connectivity index (χ1) is 9.33. The van der Waals surface area contributed by atoms with Crippen molar-refractivity contribution in [3.8, 4) is 0 Å². The van der Waals surface area contributed by atoms with Crippen LogP contribution in [-0.4, -0.2) is 37.3 Å². The summed E-state index contributed by atoms with van der Waals surface area (Å²) in [5.41, 5.74) is 0.279. The van der Waals surface area contributed by atoms with Crippen molar-refractivity contribution in [2.75, 3.05) is 31.7 Å². The van der Waals surface area contributed by atoms with E-state index < -0.39 is 0 Å². The van der Waals surface area contributed by atoms with Gasteiger partial charge in [-0.15, -0.1) is 0 Å². The maximum absolute atomic E-state index is 6.26. The van der Waals surface area contributed by atoms with Gasteiger partial charge >= 0.3 is 0 Å². The molecule has 0 aromatic carbocycles. The van der Waals surface area contributed by atoms with Gasteiger partial charge in [0.1, 0.15) is 0 Å². The number of hydrogen-bond acceptors (Lipinski definition) is 3. The second kappa shape index (κ2) is 6.36. The van der Waals surface area contributed by atoms with E-state index in [2.05, 4.69) is 24.1 Å². The van der Waals surface area contributed by atoms with Crippen molar-refractivity contribution >= 4 is 11.8 Å². The van der Waals surface area contributed by atoms with E-state index in [4.69, 9.17) is 4.74 Å². The predicted octanol–water partition coefficient (Wildman–Crippen LogP) is 3.31. The molecule has 3 heteroatoms. The summed E-state index contributed by atoms with van der Waals surface area (Å²) in [5.74, 6) is 5.48. The van der Waals surface area contributed by atoms with E-state index in [-0.39, 0.29) is 5.60 Å². The molecule has 3 unspecified atom stereocenters. The molecule has 2 saturated heterocycles. The molecule has 0 bridgehead atoms. The lowest BCUT2D eigenvalue weighted by Crippen LogP contribution is -2.45. The van der Waals surface area contributed by atoms with Crippen molar-refractivity contribution in [2.45, 2.75) is 50.5 Å². The fraction of sp³-hybridized carbons (Fsp3) is 1.00. The Hall–Kier alpha value is 0.270. The van der Waals surface area contributed by atoms with E-state index in [0.717, 1.165) is 24.4 Å². The third-order valence-electron chi connectivity index (χ3n) is 5.72. The quantitative estimate of drug-likeness (QED) is 0.858. The van der Waals surface area contributed by atoms with E-state index in [0.29, 0.717) is 0 Å². The van der Waals surface area contributed by atoms with E-state index in [1.54, 1.807) is 0 Å². The minimum absolute atomic E-state index is 0.279. The number of rotatable bonds is 3. The summed E-state index contributed by atoms with van der Waals surface area (Å²) in [6, 6.07) is 0. The largest absolute Gasteiger partial charge is 0.375 e. The van der Waals surface area contributed by atoms with Crippen LogP contribution in [0.15, 0.2) is 0 Å². The fourth-order valence-electron chi connectivity index (χ4n) is 4.72. The Balaban J connectivity index is 1.64. The summed E-state index contributed by atoms with van der Waals surface area (Å²) >= 11 is 2.11. The lowest BCUT2D eigenvalue weighted by molar-refractivity contribution is -0.113. The fourth-order valence-corrected chi connectivity index (χ4v) is 5.96. The van der Waals surface area contributed by atoms with Crippen LogP contribution >= 0.6 is 11.8 Å². The van der Waals surface area contributed by atoms with Gasteiger partial charge < -0.3 is 10.1 Å². The lowest BCUT2D eigenvalue weighted by atomic mass is 9.73. The SMILES string of the molecule is CNCC1CCCC1C1CCOC2(CCSCC2)C1. The Morgan fingerprint density at radius 2 is 2.05 bits per heavy atom. The number of hydrogen-bond donors (Lipinski definition) is 1. The van der Waals surface area contributed by atoms with Gasteiger partial charge in [0.25, 0.3) is 0 Å². The van der Waals surface area contributed by atoms with Gasteiger partial charge in [0, 0.05) is 6.61 Å². The molecule has 2 aliphatic heterocycles.